The summed E-state index contributed by atoms with van der Waals surface area (Å²) in [6.45, 7) is 8.67. The fourth-order valence-electron chi connectivity index (χ4n) is 2.08. The number of nitrogens with zero attached hydrogens (tertiary/aromatic N) is 1. The molecule has 4 nitrogen and oxygen atoms in total. The quantitative estimate of drug-likeness (QED) is 0.698. The van der Waals surface area contributed by atoms with Crippen LogP contribution in [0.1, 0.15) is 27.2 Å². The third kappa shape index (κ3) is 4.78. The van der Waals surface area contributed by atoms with E-state index in [1.54, 1.807) is 0 Å². The Balaban J connectivity index is 2.18. The summed E-state index contributed by atoms with van der Waals surface area (Å²) in [7, 11) is 0. The molecule has 1 saturated heterocycles. The van der Waals surface area contributed by atoms with Crippen molar-refractivity contribution in [2.75, 3.05) is 26.2 Å². The average molecular weight is 231 g/mol. The van der Waals surface area contributed by atoms with Gasteiger partial charge in [-0.2, -0.15) is 0 Å². The van der Waals surface area contributed by atoms with Crippen molar-refractivity contribution in [1.29, 1.82) is 0 Å². The van der Waals surface area contributed by atoms with Crippen molar-refractivity contribution in [2.45, 2.75) is 45.5 Å². The number of aliphatic hydroxyl groups is 2. The second-order valence-corrected chi connectivity index (χ2v) is 5.08. The van der Waals surface area contributed by atoms with Crippen molar-refractivity contribution >= 4 is 0 Å². The Morgan fingerprint density at radius 1 is 1.31 bits per heavy atom. The molecule has 3 atom stereocenters. The first-order valence-electron chi connectivity index (χ1n) is 6.19. The summed E-state index contributed by atoms with van der Waals surface area (Å²) in [4.78, 5) is 2.20. The predicted octanol–water partition coefficient (Wildman–Crippen LogP) is 0.475. The third-order valence-corrected chi connectivity index (χ3v) is 3.08. The molecule has 0 amide bonds. The lowest BCUT2D eigenvalue weighted by molar-refractivity contribution is -0.00688. The van der Waals surface area contributed by atoms with Gasteiger partial charge in [-0.25, -0.2) is 0 Å². The summed E-state index contributed by atoms with van der Waals surface area (Å²) in [5, 5.41) is 19.2. The van der Waals surface area contributed by atoms with Gasteiger partial charge in [-0.05, 0) is 39.7 Å². The van der Waals surface area contributed by atoms with E-state index >= 15 is 0 Å². The lowest BCUT2D eigenvalue weighted by atomic mass is 10.0. The molecule has 1 aliphatic heterocycles. The summed E-state index contributed by atoms with van der Waals surface area (Å²) in [5.41, 5.74) is 0. The number of likely N-dealkylation sites (tertiary alicyclic amines) is 1. The van der Waals surface area contributed by atoms with Gasteiger partial charge < -0.3 is 19.8 Å². The van der Waals surface area contributed by atoms with Gasteiger partial charge >= 0.3 is 0 Å². The lowest BCUT2D eigenvalue weighted by Gasteiger charge is -2.21. The average Bonchev–Trinajstić information content (AvgIpc) is 2.63. The Bertz CT molecular complexity index is 197. The van der Waals surface area contributed by atoms with E-state index in [0.717, 1.165) is 19.5 Å². The van der Waals surface area contributed by atoms with Gasteiger partial charge in [0.15, 0.2) is 0 Å². The molecule has 0 bridgehead atoms. The molecule has 0 saturated carbocycles. The molecule has 96 valence electrons. The second kappa shape index (κ2) is 6.55. The summed E-state index contributed by atoms with van der Waals surface area (Å²) >= 11 is 0. The third-order valence-electron chi connectivity index (χ3n) is 3.08. The second-order valence-electron chi connectivity index (χ2n) is 5.08. The van der Waals surface area contributed by atoms with Gasteiger partial charge in [0.2, 0.25) is 0 Å². The van der Waals surface area contributed by atoms with Crippen LogP contribution in [0.2, 0.25) is 0 Å². The van der Waals surface area contributed by atoms with E-state index in [-0.39, 0.29) is 12.2 Å². The highest BCUT2D eigenvalue weighted by Crippen LogP contribution is 2.19. The molecule has 16 heavy (non-hydrogen) atoms. The molecule has 1 fully saturated rings. The highest BCUT2D eigenvalue weighted by Gasteiger charge is 2.27. The largest absolute Gasteiger partial charge is 0.393 e. The Labute approximate surface area is 98.2 Å². The lowest BCUT2D eigenvalue weighted by Crippen LogP contribution is -2.34. The summed E-state index contributed by atoms with van der Waals surface area (Å²) in [5.74, 6) is 0.359. The molecule has 4 heteroatoms. The molecule has 1 heterocycles. The molecule has 0 aromatic carbocycles. The number of ether oxygens (including phenoxy) is 1. The fourth-order valence-corrected chi connectivity index (χ4v) is 2.08. The highest BCUT2D eigenvalue weighted by molar-refractivity contribution is 4.80. The smallest absolute Gasteiger partial charge is 0.0900 e. The normalized spacial score (nSPS) is 26.2. The molecular formula is C12H25NO3. The van der Waals surface area contributed by atoms with Crippen molar-refractivity contribution in [1.82, 2.24) is 4.90 Å². The van der Waals surface area contributed by atoms with Crippen molar-refractivity contribution in [3.05, 3.63) is 0 Å². The Kier molecular flexibility index (Phi) is 5.69. The number of rotatable bonds is 6. The van der Waals surface area contributed by atoms with Crippen LogP contribution in [0.3, 0.4) is 0 Å². The van der Waals surface area contributed by atoms with Crippen molar-refractivity contribution < 1.29 is 14.9 Å². The molecule has 0 aliphatic carbocycles. The molecule has 0 aromatic heterocycles. The summed E-state index contributed by atoms with van der Waals surface area (Å²) < 4.78 is 5.36. The molecule has 1 aliphatic rings. The monoisotopic (exact) mass is 231 g/mol. The molecule has 0 spiro atoms. The van der Waals surface area contributed by atoms with E-state index in [1.807, 2.05) is 20.8 Å². The van der Waals surface area contributed by atoms with Crippen molar-refractivity contribution in [3.8, 4) is 0 Å². The van der Waals surface area contributed by atoms with E-state index in [0.29, 0.717) is 19.1 Å². The topological polar surface area (TPSA) is 52.9 Å². The first-order chi connectivity index (χ1) is 7.49. The van der Waals surface area contributed by atoms with Gasteiger partial charge in [0.1, 0.15) is 0 Å². The van der Waals surface area contributed by atoms with Crippen LogP contribution in [0, 0.1) is 5.92 Å². The predicted molar refractivity (Wildman–Crippen MR) is 63.3 cm³/mol. The van der Waals surface area contributed by atoms with Crippen LogP contribution in [-0.2, 0) is 4.74 Å². The summed E-state index contributed by atoms with van der Waals surface area (Å²) in [6, 6.07) is 0. The van der Waals surface area contributed by atoms with Crippen molar-refractivity contribution in [2.24, 2.45) is 5.92 Å². The van der Waals surface area contributed by atoms with E-state index in [2.05, 4.69) is 4.90 Å². The molecule has 2 N–H and O–H groups in total. The minimum absolute atomic E-state index is 0.165. The Morgan fingerprint density at radius 2 is 2.00 bits per heavy atom. The van der Waals surface area contributed by atoms with Crippen LogP contribution in [0.15, 0.2) is 0 Å². The molecule has 0 radical (unpaired) electrons. The minimum atomic E-state index is -0.421. The molecule has 3 unspecified atom stereocenters. The first kappa shape index (κ1) is 13.9. The molecular weight excluding hydrogens is 206 g/mol. The van der Waals surface area contributed by atoms with Crippen LogP contribution >= 0.6 is 0 Å². The van der Waals surface area contributed by atoms with Crippen LogP contribution in [0.5, 0.6) is 0 Å². The maximum atomic E-state index is 9.75. The number of β-amino-alcohol motifs (C(OH)–C–C–N with tert-alkyl or cyclic N) is 1. The van der Waals surface area contributed by atoms with Gasteiger partial charge in [-0.15, -0.1) is 0 Å². The van der Waals surface area contributed by atoms with Gasteiger partial charge in [-0.1, -0.05) is 0 Å². The zero-order chi connectivity index (χ0) is 12.1. The van der Waals surface area contributed by atoms with Crippen LogP contribution in [-0.4, -0.2) is 59.7 Å². The first-order valence-corrected chi connectivity index (χ1v) is 6.19. The van der Waals surface area contributed by atoms with Gasteiger partial charge in [0.05, 0.1) is 24.9 Å². The van der Waals surface area contributed by atoms with Crippen LogP contribution in [0.25, 0.3) is 0 Å². The van der Waals surface area contributed by atoms with Gasteiger partial charge in [0, 0.05) is 13.1 Å². The number of aliphatic hydroxyl groups excluding tert-OH is 2. The Morgan fingerprint density at radius 3 is 2.50 bits per heavy atom. The SMILES string of the molecule is CC(C)OCC(O)CN1CCC(C(C)O)C1. The van der Waals surface area contributed by atoms with E-state index in [9.17, 15) is 10.2 Å². The van der Waals surface area contributed by atoms with Crippen molar-refractivity contribution in [3.63, 3.8) is 0 Å². The minimum Gasteiger partial charge on any atom is -0.393 e. The van der Waals surface area contributed by atoms with E-state index < -0.39 is 6.10 Å². The maximum absolute atomic E-state index is 9.75. The van der Waals surface area contributed by atoms with Crippen LogP contribution < -0.4 is 0 Å². The fraction of sp³-hybridized carbons (Fsp3) is 1.00. The van der Waals surface area contributed by atoms with E-state index in [1.165, 1.54) is 0 Å². The zero-order valence-corrected chi connectivity index (χ0v) is 10.6. The van der Waals surface area contributed by atoms with E-state index in [4.69, 9.17) is 4.74 Å². The number of hydrogen-bond donors (Lipinski definition) is 2. The number of hydrogen-bond acceptors (Lipinski definition) is 4. The van der Waals surface area contributed by atoms with Gasteiger partial charge in [-0.3, -0.25) is 0 Å². The maximum Gasteiger partial charge on any atom is 0.0900 e. The highest BCUT2D eigenvalue weighted by atomic mass is 16.5. The Hall–Kier alpha value is -0.160. The molecule has 1 rings (SSSR count). The zero-order valence-electron chi connectivity index (χ0n) is 10.6. The summed E-state index contributed by atoms with van der Waals surface area (Å²) in [6.07, 6.45) is 0.526. The van der Waals surface area contributed by atoms with Crippen LogP contribution in [0.4, 0.5) is 0 Å². The molecule has 0 aromatic rings. The standard InChI is InChI=1S/C12H25NO3/c1-9(2)16-8-12(15)7-13-5-4-11(6-13)10(3)14/h9-12,14-15H,4-8H2,1-3H3. The van der Waals surface area contributed by atoms with Gasteiger partial charge in [0.25, 0.3) is 0 Å².